The summed E-state index contributed by atoms with van der Waals surface area (Å²) in [5, 5.41) is 0. The molecule has 0 bridgehead atoms. The third-order valence-corrected chi connectivity index (χ3v) is 3.86. The summed E-state index contributed by atoms with van der Waals surface area (Å²) in [5.41, 5.74) is -0.346. The van der Waals surface area contributed by atoms with Crippen LogP contribution in [-0.2, 0) is 9.53 Å². The van der Waals surface area contributed by atoms with Crippen LogP contribution < -0.4 is 0 Å². The van der Waals surface area contributed by atoms with Crippen LogP contribution in [0.3, 0.4) is 0 Å². The van der Waals surface area contributed by atoms with Crippen LogP contribution in [0, 0.1) is 11.8 Å². The summed E-state index contributed by atoms with van der Waals surface area (Å²) >= 11 is 3.30. The summed E-state index contributed by atoms with van der Waals surface area (Å²) in [7, 11) is 0. The number of ether oxygens (including phenoxy) is 1. The lowest BCUT2D eigenvalue weighted by atomic mass is 10.1. The number of carbonyl (C=O) groups excluding carboxylic acids is 1. The first-order chi connectivity index (χ1) is 8.92. The standard InChI is InChI=1S/C16H27BrO2/c1-16(2,3)19-15(18)10-5-4-8-13-12-14(13)9-6-7-11-17/h7,11,13-14H,4-6,8-10,12H2,1-3H3/b11-7-/t13-,14+/m1/s1. The summed E-state index contributed by atoms with van der Waals surface area (Å²) in [6.45, 7) is 5.75. The summed E-state index contributed by atoms with van der Waals surface area (Å²) in [5.74, 6) is 1.80. The fraction of sp³-hybridized carbons (Fsp3) is 0.812. The van der Waals surface area contributed by atoms with E-state index >= 15 is 0 Å². The summed E-state index contributed by atoms with van der Waals surface area (Å²) in [4.78, 5) is 13.5. The van der Waals surface area contributed by atoms with E-state index in [2.05, 4.69) is 22.0 Å². The molecule has 1 aliphatic carbocycles. The van der Waals surface area contributed by atoms with Crippen LogP contribution in [0.1, 0.15) is 65.7 Å². The lowest BCUT2D eigenvalue weighted by Gasteiger charge is -2.19. The Labute approximate surface area is 126 Å². The lowest BCUT2D eigenvalue weighted by molar-refractivity contribution is -0.154. The number of hydrogen-bond acceptors (Lipinski definition) is 2. The van der Waals surface area contributed by atoms with E-state index < -0.39 is 0 Å². The Morgan fingerprint density at radius 3 is 2.58 bits per heavy atom. The second-order valence-electron chi connectivity index (χ2n) is 6.53. The molecule has 2 nitrogen and oxygen atoms in total. The van der Waals surface area contributed by atoms with Gasteiger partial charge in [0.05, 0.1) is 0 Å². The van der Waals surface area contributed by atoms with E-state index in [1.165, 1.54) is 25.7 Å². The van der Waals surface area contributed by atoms with Crippen molar-refractivity contribution in [2.45, 2.75) is 71.3 Å². The Balaban J connectivity index is 1.96. The van der Waals surface area contributed by atoms with Crippen LogP contribution in [0.2, 0.25) is 0 Å². The maximum atomic E-state index is 11.5. The maximum absolute atomic E-state index is 11.5. The van der Waals surface area contributed by atoms with Crippen molar-refractivity contribution in [3.8, 4) is 0 Å². The molecular weight excluding hydrogens is 304 g/mol. The van der Waals surface area contributed by atoms with E-state index in [0.717, 1.165) is 24.7 Å². The molecule has 0 aromatic heterocycles. The van der Waals surface area contributed by atoms with Crippen molar-refractivity contribution in [2.75, 3.05) is 0 Å². The van der Waals surface area contributed by atoms with Gasteiger partial charge in [0.15, 0.2) is 0 Å². The molecule has 2 atom stereocenters. The van der Waals surface area contributed by atoms with Gasteiger partial charge in [-0.2, -0.15) is 0 Å². The molecule has 0 aliphatic heterocycles. The highest BCUT2D eigenvalue weighted by atomic mass is 79.9. The number of allylic oxidation sites excluding steroid dienone is 1. The highest BCUT2D eigenvalue weighted by Crippen LogP contribution is 2.45. The van der Waals surface area contributed by atoms with Gasteiger partial charge in [0.1, 0.15) is 5.60 Å². The van der Waals surface area contributed by atoms with Gasteiger partial charge < -0.3 is 4.74 Å². The van der Waals surface area contributed by atoms with Crippen molar-refractivity contribution in [1.29, 1.82) is 0 Å². The van der Waals surface area contributed by atoms with Crippen molar-refractivity contribution < 1.29 is 9.53 Å². The van der Waals surface area contributed by atoms with E-state index in [-0.39, 0.29) is 11.6 Å². The Morgan fingerprint density at radius 1 is 1.26 bits per heavy atom. The predicted octanol–water partition coefficient (Wildman–Crippen LogP) is 5.21. The normalized spacial score (nSPS) is 22.7. The summed E-state index contributed by atoms with van der Waals surface area (Å²) < 4.78 is 5.30. The van der Waals surface area contributed by atoms with Crippen molar-refractivity contribution in [2.24, 2.45) is 11.8 Å². The average Bonchev–Trinajstić information content (AvgIpc) is 3.01. The van der Waals surface area contributed by atoms with Crippen molar-refractivity contribution in [3.05, 3.63) is 11.1 Å². The molecule has 0 unspecified atom stereocenters. The topological polar surface area (TPSA) is 26.3 Å². The van der Waals surface area contributed by atoms with Gasteiger partial charge >= 0.3 is 5.97 Å². The number of unbranched alkanes of at least 4 members (excludes halogenated alkanes) is 1. The summed E-state index contributed by atoms with van der Waals surface area (Å²) in [6.07, 6.45) is 10.1. The first kappa shape index (κ1) is 16.7. The zero-order valence-electron chi connectivity index (χ0n) is 12.5. The van der Waals surface area contributed by atoms with Gasteiger partial charge in [-0.05, 0) is 63.3 Å². The van der Waals surface area contributed by atoms with Gasteiger partial charge in [-0.1, -0.05) is 34.8 Å². The van der Waals surface area contributed by atoms with Gasteiger partial charge in [-0.15, -0.1) is 0 Å². The molecule has 1 aliphatic rings. The Hall–Kier alpha value is -0.310. The molecule has 0 radical (unpaired) electrons. The minimum atomic E-state index is -0.346. The molecule has 0 N–H and O–H groups in total. The Morgan fingerprint density at radius 2 is 1.95 bits per heavy atom. The lowest BCUT2D eigenvalue weighted by Crippen LogP contribution is -2.23. The third kappa shape index (κ3) is 8.46. The smallest absolute Gasteiger partial charge is 0.306 e. The Bertz CT molecular complexity index is 304. The average molecular weight is 331 g/mol. The van der Waals surface area contributed by atoms with E-state index in [1.807, 2.05) is 25.8 Å². The zero-order chi connectivity index (χ0) is 14.3. The first-order valence-corrected chi connectivity index (χ1v) is 8.31. The third-order valence-electron chi connectivity index (χ3n) is 3.49. The minimum Gasteiger partial charge on any atom is -0.460 e. The van der Waals surface area contributed by atoms with Gasteiger partial charge in [-0.25, -0.2) is 0 Å². The highest BCUT2D eigenvalue weighted by molar-refractivity contribution is 9.11. The van der Waals surface area contributed by atoms with Gasteiger partial charge in [0.2, 0.25) is 0 Å². The van der Waals surface area contributed by atoms with E-state index in [4.69, 9.17) is 4.74 Å². The molecular formula is C16H27BrO2. The van der Waals surface area contributed by atoms with Crippen LogP contribution in [-0.4, -0.2) is 11.6 Å². The SMILES string of the molecule is CC(C)(C)OC(=O)CCCC[C@@H]1C[C@@H]1CC/C=C\Br. The molecule has 1 saturated carbocycles. The molecule has 0 saturated heterocycles. The molecule has 1 rings (SSSR count). The molecule has 19 heavy (non-hydrogen) atoms. The van der Waals surface area contributed by atoms with Crippen LogP contribution in [0.4, 0.5) is 0 Å². The minimum absolute atomic E-state index is 0.0534. The van der Waals surface area contributed by atoms with E-state index in [1.54, 1.807) is 0 Å². The first-order valence-electron chi connectivity index (χ1n) is 7.39. The molecule has 0 amide bonds. The number of halogens is 1. The molecule has 0 spiro atoms. The van der Waals surface area contributed by atoms with E-state index in [9.17, 15) is 4.79 Å². The van der Waals surface area contributed by atoms with Crippen molar-refractivity contribution >= 4 is 21.9 Å². The Kier molecular flexibility index (Phi) is 7.12. The zero-order valence-corrected chi connectivity index (χ0v) is 14.0. The quantitative estimate of drug-likeness (QED) is 0.451. The monoisotopic (exact) mass is 330 g/mol. The van der Waals surface area contributed by atoms with Crippen LogP contribution in [0.25, 0.3) is 0 Å². The van der Waals surface area contributed by atoms with Gasteiger partial charge in [-0.3, -0.25) is 4.79 Å². The molecule has 0 aromatic carbocycles. The van der Waals surface area contributed by atoms with Crippen LogP contribution in [0.5, 0.6) is 0 Å². The number of rotatable bonds is 8. The molecule has 0 aromatic rings. The number of hydrogen-bond donors (Lipinski definition) is 0. The summed E-state index contributed by atoms with van der Waals surface area (Å²) in [6, 6.07) is 0. The van der Waals surface area contributed by atoms with Crippen molar-refractivity contribution in [1.82, 2.24) is 0 Å². The number of carbonyl (C=O) groups is 1. The fourth-order valence-electron chi connectivity index (χ4n) is 2.46. The van der Waals surface area contributed by atoms with Gasteiger partial charge in [0, 0.05) is 6.42 Å². The number of esters is 1. The molecule has 1 fully saturated rings. The highest BCUT2D eigenvalue weighted by Gasteiger charge is 2.34. The fourth-order valence-corrected chi connectivity index (χ4v) is 2.72. The molecule has 0 heterocycles. The van der Waals surface area contributed by atoms with Crippen LogP contribution in [0.15, 0.2) is 11.1 Å². The van der Waals surface area contributed by atoms with Gasteiger partial charge in [0.25, 0.3) is 0 Å². The van der Waals surface area contributed by atoms with Crippen LogP contribution >= 0.6 is 15.9 Å². The second kappa shape index (κ2) is 8.08. The second-order valence-corrected chi connectivity index (χ2v) is 7.06. The predicted molar refractivity (Wildman–Crippen MR) is 83.2 cm³/mol. The van der Waals surface area contributed by atoms with E-state index in [0.29, 0.717) is 6.42 Å². The molecule has 3 heteroatoms. The maximum Gasteiger partial charge on any atom is 0.306 e. The molecule has 110 valence electrons. The van der Waals surface area contributed by atoms with Crippen molar-refractivity contribution in [3.63, 3.8) is 0 Å². The largest absolute Gasteiger partial charge is 0.460 e.